The lowest BCUT2D eigenvalue weighted by atomic mass is 10.1. The number of carboxylic acid groups (broad SMARTS) is 1. The number of hydrogen-bond donors (Lipinski definition) is 3. The number of nitrogens with zero attached hydrogens (tertiary/aromatic N) is 3. The van der Waals surface area contributed by atoms with Gasteiger partial charge in [0.2, 0.25) is 0 Å². The first kappa shape index (κ1) is 23.5. The molecule has 1 aliphatic rings. The van der Waals surface area contributed by atoms with Crippen LogP contribution >= 0.6 is 0 Å². The Bertz CT molecular complexity index is 1470. The number of nitriles is 1. The van der Waals surface area contributed by atoms with Gasteiger partial charge in [-0.3, -0.25) is 0 Å². The van der Waals surface area contributed by atoms with E-state index >= 15 is 0 Å². The molecule has 0 saturated carbocycles. The normalized spacial score (nSPS) is 12.8. The van der Waals surface area contributed by atoms with Crippen molar-refractivity contribution < 1.29 is 19.4 Å². The van der Waals surface area contributed by atoms with Gasteiger partial charge in [-0.1, -0.05) is 12.1 Å². The quantitative estimate of drug-likeness (QED) is 0.335. The number of anilines is 3. The summed E-state index contributed by atoms with van der Waals surface area (Å²) in [6.07, 6.45) is 3.61. The van der Waals surface area contributed by atoms with Crippen molar-refractivity contribution in [1.82, 2.24) is 4.57 Å². The number of benzene rings is 3. The summed E-state index contributed by atoms with van der Waals surface area (Å²) in [5.41, 5.74) is 3.29. The molecule has 2 amide bonds. The van der Waals surface area contributed by atoms with Gasteiger partial charge in [0.15, 0.2) is 0 Å². The number of hydrogen-bond acceptors (Lipinski definition) is 5. The number of rotatable bonds is 7. The maximum atomic E-state index is 12.3. The van der Waals surface area contributed by atoms with Crippen LogP contribution in [0, 0.1) is 11.3 Å². The van der Waals surface area contributed by atoms with Crippen LogP contribution in [0.5, 0.6) is 5.75 Å². The van der Waals surface area contributed by atoms with Gasteiger partial charge in [0.05, 0.1) is 41.7 Å². The van der Waals surface area contributed by atoms with Crippen LogP contribution in [0.2, 0.25) is 0 Å². The maximum Gasteiger partial charge on any atom is 0.337 e. The Kier molecular flexibility index (Phi) is 6.46. The van der Waals surface area contributed by atoms with E-state index in [9.17, 15) is 14.7 Å². The molecule has 0 aliphatic carbocycles. The number of carboxylic acids is 1. The van der Waals surface area contributed by atoms with Gasteiger partial charge in [-0.25, -0.2) is 9.59 Å². The van der Waals surface area contributed by atoms with Crippen LogP contribution in [0.25, 0.3) is 5.69 Å². The molecule has 9 nitrogen and oxygen atoms in total. The predicted octanol–water partition coefficient (Wildman–Crippen LogP) is 4.96. The van der Waals surface area contributed by atoms with Gasteiger partial charge in [0, 0.05) is 23.8 Å². The maximum absolute atomic E-state index is 12.3. The summed E-state index contributed by atoms with van der Waals surface area (Å²) in [5.74, 6) is -0.306. The van der Waals surface area contributed by atoms with E-state index in [1.807, 2.05) is 41.2 Å². The van der Waals surface area contributed by atoms with E-state index in [1.165, 1.54) is 0 Å². The number of nitrogens with one attached hydrogen (secondary N) is 2. The van der Waals surface area contributed by atoms with Crippen molar-refractivity contribution in [3.05, 3.63) is 102 Å². The van der Waals surface area contributed by atoms with Gasteiger partial charge in [-0.15, -0.1) is 0 Å². The van der Waals surface area contributed by atoms with Gasteiger partial charge in [0.1, 0.15) is 11.9 Å². The zero-order valence-corrected chi connectivity index (χ0v) is 19.7. The topological polar surface area (TPSA) is 120 Å². The average molecular weight is 494 g/mol. The van der Waals surface area contributed by atoms with Crippen molar-refractivity contribution in [2.45, 2.75) is 6.10 Å². The van der Waals surface area contributed by atoms with Crippen molar-refractivity contribution in [3.63, 3.8) is 0 Å². The first-order valence-corrected chi connectivity index (χ1v) is 11.6. The third-order valence-corrected chi connectivity index (χ3v) is 5.96. The highest BCUT2D eigenvalue weighted by atomic mass is 16.5. The van der Waals surface area contributed by atoms with Crippen LogP contribution in [-0.2, 0) is 0 Å². The van der Waals surface area contributed by atoms with Crippen LogP contribution in [0.1, 0.15) is 15.9 Å². The van der Waals surface area contributed by atoms with E-state index in [-0.39, 0.29) is 11.7 Å². The van der Waals surface area contributed by atoms with E-state index in [2.05, 4.69) is 15.5 Å². The molecule has 2 heterocycles. The van der Waals surface area contributed by atoms with E-state index in [4.69, 9.17) is 10.00 Å². The second kappa shape index (κ2) is 10.2. The minimum absolute atomic E-state index is 0.0551. The highest BCUT2D eigenvalue weighted by molar-refractivity contribution is 5.99. The zero-order valence-electron chi connectivity index (χ0n) is 19.7. The number of carbonyl (C=O) groups is 2. The molecule has 9 heteroatoms. The molecule has 0 bridgehead atoms. The van der Waals surface area contributed by atoms with Crippen molar-refractivity contribution >= 4 is 29.1 Å². The number of para-hydroxylation sites is 1. The third-order valence-electron chi connectivity index (χ3n) is 5.96. The Morgan fingerprint density at radius 3 is 2.32 bits per heavy atom. The van der Waals surface area contributed by atoms with Gasteiger partial charge < -0.3 is 29.9 Å². The second-order valence-corrected chi connectivity index (χ2v) is 8.51. The number of aromatic nitrogens is 1. The van der Waals surface area contributed by atoms with Crippen LogP contribution in [0.3, 0.4) is 0 Å². The van der Waals surface area contributed by atoms with Crippen LogP contribution in [0.4, 0.5) is 21.9 Å². The molecule has 0 radical (unpaired) electrons. The molecular formula is C28H23N5O4. The molecule has 3 N–H and O–H groups in total. The van der Waals surface area contributed by atoms with Crippen molar-refractivity contribution in [2.75, 3.05) is 28.6 Å². The predicted molar refractivity (Wildman–Crippen MR) is 140 cm³/mol. The molecule has 1 saturated heterocycles. The average Bonchev–Trinajstić information content (AvgIpc) is 3.41. The third kappa shape index (κ3) is 5.23. The number of ether oxygens (including phenoxy) is 1. The van der Waals surface area contributed by atoms with Crippen molar-refractivity contribution in [3.8, 4) is 17.5 Å². The highest BCUT2D eigenvalue weighted by Gasteiger charge is 2.31. The van der Waals surface area contributed by atoms with Crippen molar-refractivity contribution in [2.24, 2.45) is 0 Å². The zero-order chi connectivity index (χ0) is 25.8. The summed E-state index contributed by atoms with van der Waals surface area (Å²) < 4.78 is 7.88. The lowest BCUT2D eigenvalue weighted by molar-refractivity contribution is 0.0697. The fourth-order valence-corrected chi connectivity index (χ4v) is 4.19. The van der Waals surface area contributed by atoms with E-state index in [0.29, 0.717) is 41.5 Å². The summed E-state index contributed by atoms with van der Waals surface area (Å²) in [5, 5.41) is 24.1. The van der Waals surface area contributed by atoms with Gasteiger partial charge in [-0.05, 0) is 66.7 Å². The largest absolute Gasteiger partial charge is 0.487 e. The Balaban J connectivity index is 1.18. The van der Waals surface area contributed by atoms with E-state index in [1.54, 1.807) is 60.7 Å². The van der Waals surface area contributed by atoms with E-state index in [0.717, 1.165) is 5.69 Å². The lowest BCUT2D eigenvalue weighted by Gasteiger charge is -2.41. The summed E-state index contributed by atoms with van der Waals surface area (Å²) >= 11 is 0. The lowest BCUT2D eigenvalue weighted by Crippen LogP contribution is -2.54. The fraction of sp³-hybridized carbons (Fsp3) is 0.107. The standard InChI is InChI=1S/C28H23N5O4/c29-16-19-5-3-6-21(15-19)31-28(36)30-20-9-11-22(12-10-20)37-23-17-33(18-23)25-8-4-7-24(27(34)35)26(25)32-13-1-2-14-32/h1-15,23H,17-18H2,(H,34,35)(H2,30,31,36). The highest BCUT2D eigenvalue weighted by Crippen LogP contribution is 2.32. The SMILES string of the molecule is N#Cc1cccc(NC(=O)Nc2ccc(OC3CN(c4cccc(C(=O)O)c4-n4cccc4)C3)cc2)c1. The molecule has 0 atom stereocenters. The molecule has 0 spiro atoms. The first-order valence-electron chi connectivity index (χ1n) is 11.6. The second-order valence-electron chi connectivity index (χ2n) is 8.51. The molecule has 3 aromatic carbocycles. The Hall–Kier alpha value is -5.23. The molecule has 5 rings (SSSR count). The van der Waals surface area contributed by atoms with Crippen LogP contribution in [-0.4, -0.2) is 40.9 Å². The van der Waals surface area contributed by atoms with Crippen LogP contribution < -0.4 is 20.3 Å². The number of aromatic carboxylic acids is 1. The Morgan fingerprint density at radius 2 is 1.62 bits per heavy atom. The number of urea groups is 1. The van der Waals surface area contributed by atoms with Gasteiger partial charge in [0.25, 0.3) is 0 Å². The summed E-state index contributed by atoms with van der Waals surface area (Å²) in [6, 6.07) is 24.3. The molecular weight excluding hydrogens is 470 g/mol. The first-order chi connectivity index (χ1) is 18.0. The van der Waals surface area contributed by atoms with Gasteiger partial charge >= 0.3 is 12.0 Å². The fourth-order valence-electron chi connectivity index (χ4n) is 4.19. The van der Waals surface area contributed by atoms with Crippen molar-refractivity contribution in [1.29, 1.82) is 5.26 Å². The minimum atomic E-state index is -0.975. The van der Waals surface area contributed by atoms with Crippen LogP contribution in [0.15, 0.2) is 91.3 Å². The smallest absolute Gasteiger partial charge is 0.337 e. The Labute approximate surface area is 213 Å². The van der Waals surface area contributed by atoms with Gasteiger partial charge in [-0.2, -0.15) is 5.26 Å². The summed E-state index contributed by atoms with van der Waals surface area (Å²) in [4.78, 5) is 26.2. The van der Waals surface area contributed by atoms with E-state index < -0.39 is 12.0 Å². The summed E-state index contributed by atoms with van der Waals surface area (Å²) in [7, 11) is 0. The molecule has 0 unspecified atom stereocenters. The molecule has 184 valence electrons. The monoisotopic (exact) mass is 493 g/mol. The molecule has 37 heavy (non-hydrogen) atoms. The molecule has 4 aromatic rings. The molecule has 1 aliphatic heterocycles. The molecule has 1 fully saturated rings. The number of amides is 2. The number of carbonyl (C=O) groups excluding carboxylic acids is 1. The summed E-state index contributed by atoms with van der Waals surface area (Å²) in [6.45, 7) is 1.23. The minimum Gasteiger partial charge on any atom is -0.487 e. The Morgan fingerprint density at radius 1 is 0.919 bits per heavy atom. The molecule has 1 aromatic heterocycles.